The Bertz CT molecular complexity index is 788. The van der Waals surface area contributed by atoms with Crippen molar-refractivity contribution in [3.63, 3.8) is 0 Å². The lowest BCUT2D eigenvalue weighted by molar-refractivity contribution is 0.0933. The number of nitrogens with one attached hydrogen (secondary N) is 2. The summed E-state index contributed by atoms with van der Waals surface area (Å²) in [7, 11) is 0. The molecule has 1 atom stereocenters. The van der Waals surface area contributed by atoms with E-state index >= 15 is 0 Å². The Balaban J connectivity index is 1.55. The van der Waals surface area contributed by atoms with Gasteiger partial charge < -0.3 is 20.6 Å². The number of benzene rings is 1. The molecule has 2 aliphatic rings. The van der Waals surface area contributed by atoms with Crippen LogP contribution < -0.4 is 10.6 Å². The molecule has 1 aromatic rings. The molecule has 1 heterocycles. The summed E-state index contributed by atoms with van der Waals surface area (Å²) in [4.78, 5) is 18.5. The zero-order valence-corrected chi connectivity index (χ0v) is 15.4. The molecule has 27 heavy (non-hydrogen) atoms. The fraction of sp³-hybridized carbons (Fsp3) is 0.400. The number of aliphatic hydroxyl groups excluding tert-OH is 1. The Labute approximate surface area is 158 Å². The van der Waals surface area contributed by atoms with Crippen LogP contribution in [-0.4, -0.2) is 47.7 Å². The molecule has 1 aromatic carbocycles. The van der Waals surface area contributed by atoms with Gasteiger partial charge in [-0.2, -0.15) is 0 Å². The first-order valence-electron chi connectivity index (χ1n) is 9.14. The Morgan fingerprint density at radius 2 is 2.30 bits per heavy atom. The number of aliphatic imine (C=N–C) groups is 1. The number of allylic oxidation sites excluding steroid dienone is 1. The zero-order valence-electron chi connectivity index (χ0n) is 15.4. The van der Waals surface area contributed by atoms with E-state index in [0.717, 1.165) is 18.5 Å². The number of hydrogen-bond acceptors (Lipinski definition) is 5. The minimum absolute atomic E-state index is 0.0300. The van der Waals surface area contributed by atoms with Crippen LogP contribution in [0.5, 0.6) is 0 Å². The van der Waals surface area contributed by atoms with Gasteiger partial charge in [-0.3, -0.25) is 4.79 Å². The molecule has 1 aliphatic carbocycles. The molecule has 0 fully saturated rings. The van der Waals surface area contributed by atoms with E-state index < -0.39 is 5.82 Å². The molecule has 7 heteroatoms. The standard InChI is InChI=1S/C20H25FN4O2/c1-14-9-10-22-20(23-14)25(13-26)12-15-5-7-18(8-6-15)24-19(27)16-3-2-4-17(21)11-16/h2-5,9,11,18,26H,6-8,10,12-13H2,1H3,(H,22,23)(H,24,27)/t18-/m1/s1. The van der Waals surface area contributed by atoms with Crippen LogP contribution in [0.4, 0.5) is 4.39 Å². The lowest BCUT2D eigenvalue weighted by atomic mass is 9.94. The monoisotopic (exact) mass is 372 g/mol. The van der Waals surface area contributed by atoms with Gasteiger partial charge in [-0.15, -0.1) is 0 Å². The lowest BCUT2D eigenvalue weighted by Crippen LogP contribution is -2.44. The van der Waals surface area contributed by atoms with Crippen molar-refractivity contribution in [2.45, 2.75) is 32.2 Å². The predicted octanol–water partition coefficient (Wildman–Crippen LogP) is 2.15. The minimum Gasteiger partial charge on any atom is -0.376 e. The smallest absolute Gasteiger partial charge is 0.251 e. The topological polar surface area (TPSA) is 77.0 Å². The maximum absolute atomic E-state index is 13.3. The molecule has 6 nitrogen and oxygen atoms in total. The van der Waals surface area contributed by atoms with Gasteiger partial charge in [0.25, 0.3) is 5.91 Å². The summed E-state index contributed by atoms with van der Waals surface area (Å²) in [6.07, 6.45) is 6.45. The highest BCUT2D eigenvalue weighted by atomic mass is 19.1. The van der Waals surface area contributed by atoms with Crippen LogP contribution in [0.1, 0.15) is 36.5 Å². The third-order valence-electron chi connectivity index (χ3n) is 4.73. The van der Waals surface area contributed by atoms with Crippen molar-refractivity contribution in [1.82, 2.24) is 15.5 Å². The average Bonchev–Trinajstić information content (AvgIpc) is 2.67. The van der Waals surface area contributed by atoms with Gasteiger partial charge in [0.05, 0.1) is 0 Å². The number of guanidine groups is 1. The Hall–Kier alpha value is -2.67. The number of rotatable bonds is 5. The van der Waals surface area contributed by atoms with Crippen molar-refractivity contribution >= 4 is 11.9 Å². The first-order valence-corrected chi connectivity index (χ1v) is 9.14. The molecule has 0 radical (unpaired) electrons. The van der Waals surface area contributed by atoms with Gasteiger partial charge in [0.15, 0.2) is 0 Å². The molecule has 1 amide bonds. The third-order valence-corrected chi connectivity index (χ3v) is 4.73. The first kappa shape index (κ1) is 19.1. The van der Waals surface area contributed by atoms with Crippen LogP contribution in [0.25, 0.3) is 0 Å². The number of halogens is 1. The second kappa shape index (κ2) is 8.81. The molecule has 0 spiro atoms. The zero-order chi connectivity index (χ0) is 19.2. The summed E-state index contributed by atoms with van der Waals surface area (Å²) in [6, 6.07) is 5.73. The molecule has 0 saturated carbocycles. The van der Waals surface area contributed by atoms with E-state index in [2.05, 4.69) is 21.7 Å². The molecule has 1 aliphatic heterocycles. The normalized spacial score (nSPS) is 19.4. The molecule has 3 N–H and O–H groups in total. The van der Waals surface area contributed by atoms with Gasteiger partial charge in [-0.1, -0.05) is 17.7 Å². The summed E-state index contributed by atoms with van der Waals surface area (Å²) < 4.78 is 13.3. The average molecular weight is 372 g/mol. The van der Waals surface area contributed by atoms with Crippen LogP contribution in [-0.2, 0) is 0 Å². The van der Waals surface area contributed by atoms with Crippen molar-refractivity contribution in [3.05, 3.63) is 59.1 Å². The van der Waals surface area contributed by atoms with E-state index in [1.165, 1.54) is 23.8 Å². The fourth-order valence-corrected chi connectivity index (χ4v) is 3.22. The molecule has 144 valence electrons. The van der Waals surface area contributed by atoms with Crippen molar-refractivity contribution in [2.75, 3.05) is 19.8 Å². The second-order valence-corrected chi connectivity index (χ2v) is 6.82. The molecule has 0 aromatic heterocycles. The van der Waals surface area contributed by atoms with Gasteiger partial charge in [0, 0.05) is 30.4 Å². The maximum Gasteiger partial charge on any atom is 0.251 e. The Kier molecular flexibility index (Phi) is 6.24. The summed E-state index contributed by atoms with van der Waals surface area (Å²) >= 11 is 0. The molecule has 0 bridgehead atoms. The highest BCUT2D eigenvalue weighted by Gasteiger charge is 2.20. The lowest BCUT2D eigenvalue weighted by Gasteiger charge is -2.29. The summed E-state index contributed by atoms with van der Waals surface area (Å²) in [5, 5.41) is 15.8. The van der Waals surface area contributed by atoms with Crippen LogP contribution in [0, 0.1) is 5.82 Å². The Morgan fingerprint density at radius 3 is 2.96 bits per heavy atom. The highest BCUT2D eigenvalue weighted by molar-refractivity contribution is 5.94. The summed E-state index contributed by atoms with van der Waals surface area (Å²) in [5.41, 5.74) is 2.47. The SMILES string of the molecule is CC1=CCNC(N(CO)CC2=CC[C@@H](NC(=O)c3cccc(F)c3)CC2)=N1. The van der Waals surface area contributed by atoms with Crippen molar-refractivity contribution in [2.24, 2.45) is 4.99 Å². The number of nitrogens with zero attached hydrogens (tertiary/aromatic N) is 2. The number of carbonyl (C=O) groups excluding carboxylic acids is 1. The number of hydrogen-bond donors (Lipinski definition) is 3. The van der Waals surface area contributed by atoms with E-state index in [1.807, 2.05) is 13.0 Å². The van der Waals surface area contributed by atoms with Crippen molar-refractivity contribution in [1.29, 1.82) is 0 Å². The number of carbonyl (C=O) groups is 1. The maximum atomic E-state index is 13.3. The van der Waals surface area contributed by atoms with Crippen molar-refractivity contribution in [3.8, 4) is 0 Å². The Morgan fingerprint density at radius 1 is 1.44 bits per heavy atom. The quantitative estimate of drug-likeness (QED) is 0.547. The second-order valence-electron chi connectivity index (χ2n) is 6.82. The predicted molar refractivity (Wildman–Crippen MR) is 103 cm³/mol. The molecule has 0 saturated heterocycles. The van der Waals surface area contributed by atoms with Gasteiger partial charge >= 0.3 is 0 Å². The van der Waals surface area contributed by atoms with Crippen LogP contribution in [0.15, 0.2) is 52.7 Å². The highest BCUT2D eigenvalue weighted by Crippen LogP contribution is 2.20. The molecular weight excluding hydrogens is 347 g/mol. The molecule has 3 rings (SSSR count). The van der Waals surface area contributed by atoms with E-state index in [4.69, 9.17) is 0 Å². The van der Waals surface area contributed by atoms with Crippen LogP contribution in [0.3, 0.4) is 0 Å². The van der Waals surface area contributed by atoms with Gasteiger partial charge in [0.1, 0.15) is 12.5 Å². The van der Waals surface area contributed by atoms with Gasteiger partial charge in [0.2, 0.25) is 5.96 Å². The number of aliphatic hydroxyl groups is 1. The molecular formula is C20H25FN4O2. The van der Waals surface area contributed by atoms with Gasteiger partial charge in [-0.25, -0.2) is 9.38 Å². The number of amides is 1. The summed E-state index contributed by atoms with van der Waals surface area (Å²) in [6.45, 7) is 3.12. The van der Waals surface area contributed by atoms with E-state index in [1.54, 1.807) is 11.0 Å². The fourth-order valence-electron chi connectivity index (χ4n) is 3.22. The molecule has 0 unspecified atom stereocenters. The van der Waals surface area contributed by atoms with E-state index in [9.17, 15) is 14.3 Å². The van der Waals surface area contributed by atoms with Gasteiger partial charge in [-0.05, 0) is 50.5 Å². The van der Waals surface area contributed by atoms with Crippen LogP contribution in [0.2, 0.25) is 0 Å². The minimum atomic E-state index is -0.415. The van der Waals surface area contributed by atoms with E-state index in [-0.39, 0.29) is 18.7 Å². The summed E-state index contributed by atoms with van der Waals surface area (Å²) in [5.74, 6) is 0.0122. The van der Waals surface area contributed by atoms with Crippen molar-refractivity contribution < 1.29 is 14.3 Å². The third kappa shape index (κ3) is 5.17. The largest absolute Gasteiger partial charge is 0.376 e. The van der Waals surface area contributed by atoms with E-state index in [0.29, 0.717) is 31.0 Å². The first-order chi connectivity index (χ1) is 13.0. The van der Waals surface area contributed by atoms with Crippen LogP contribution >= 0.6 is 0 Å².